The first-order valence-electron chi connectivity index (χ1n) is 14.8. The first kappa shape index (κ1) is 30.7. The summed E-state index contributed by atoms with van der Waals surface area (Å²) in [6, 6.07) is 15.4. The van der Waals surface area contributed by atoms with Gasteiger partial charge in [-0.1, -0.05) is 25.1 Å². The number of nitrogens with zero attached hydrogens (tertiary/aromatic N) is 4. The quantitative estimate of drug-likeness (QED) is 0.213. The van der Waals surface area contributed by atoms with E-state index in [2.05, 4.69) is 25.9 Å². The fourth-order valence-electron chi connectivity index (χ4n) is 5.37. The third-order valence-electron chi connectivity index (χ3n) is 7.42. The molecule has 0 spiro atoms. The van der Waals surface area contributed by atoms with Crippen LogP contribution in [0.25, 0.3) is 15.8 Å². The first-order chi connectivity index (χ1) is 22.0. The zero-order valence-electron chi connectivity index (χ0n) is 25.7. The minimum absolute atomic E-state index is 0.103. The average molecular weight is 640 g/mol. The molecule has 0 fully saturated rings. The lowest BCUT2D eigenvalue weighted by molar-refractivity contribution is -0.124. The molecule has 0 saturated carbocycles. The van der Waals surface area contributed by atoms with Crippen LogP contribution in [0.15, 0.2) is 82.8 Å². The van der Waals surface area contributed by atoms with E-state index in [9.17, 15) is 19.2 Å². The van der Waals surface area contributed by atoms with Crippen LogP contribution in [-0.2, 0) is 16.1 Å². The second kappa shape index (κ2) is 12.2. The van der Waals surface area contributed by atoms with Crippen LogP contribution in [0.1, 0.15) is 56.8 Å². The van der Waals surface area contributed by atoms with Crippen molar-refractivity contribution in [3.63, 3.8) is 0 Å². The minimum atomic E-state index is -0.760. The van der Waals surface area contributed by atoms with Gasteiger partial charge in [0.25, 0.3) is 11.1 Å². The van der Waals surface area contributed by atoms with Crippen molar-refractivity contribution in [2.24, 2.45) is 0 Å². The molecule has 0 aliphatic carbocycles. The standard InChI is InChI=1S/C33H33N7O5S/c1-19-13-25(29(41)36-17-22-14-20-16-34-27(15-26(20)46-22)38-32(44)45-33(2,3)4)40-28(19)35-18-24(31(40)43)37-23-11-8-12-39(30(23)42)21-9-6-5-7-10-21/h5-12,14-16,18-19,25,37H,13,17H2,1-4H3,(H,36,41)(H,34,38,44)/t19-,25+/m1/s1. The molecular formula is C33H33N7O5S. The van der Waals surface area contributed by atoms with Crippen LogP contribution in [0.3, 0.4) is 0 Å². The molecule has 3 N–H and O–H groups in total. The Morgan fingerprint density at radius 3 is 2.54 bits per heavy atom. The van der Waals surface area contributed by atoms with Crippen LogP contribution >= 0.6 is 11.3 Å². The topological polar surface area (TPSA) is 149 Å². The minimum Gasteiger partial charge on any atom is -0.444 e. The summed E-state index contributed by atoms with van der Waals surface area (Å²) in [5.41, 5.74) is -0.381. The van der Waals surface area contributed by atoms with Crippen LogP contribution in [-0.4, -0.2) is 36.7 Å². The third-order valence-corrected chi connectivity index (χ3v) is 8.52. The summed E-state index contributed by atoms with van der Waals surface area (Å²) in [5, 5.41) is 9.43. The Morgan fingerprint density at radius 1 is 1.00 bits per heavy atom. The van der Waals surface area contributed by atoms with Gasteiger partial charge in [-0.15, -0.1) is 11.3 Å². The molecule has 46 heavy (non-hydrogen) atoms. The smallest absolute Gasteiger partial charge is 0.413 e. The highest BCUT2D eigenvalue weighted by molar-refractivity contribution is 7.19. The fraction of sp³-hybridized carbons (Fsp3) is 0.273. The number of hydrogen-bond donors (Lipinski definition) is 3. The van der Waals surface area contributed by atoms with Gasteiger partial charge in [-0.05, 0) is 63.6 Å². The number of pyridine rings is 2. The number of anilines is 3. The van der Waals surface area contributed by atoms with Crippen LogP contribution in [0.4, 0.5) is 22.0 Å². The van der Waals surface area contributed by atoms with Crippen molar-refractivity contribution >= 4 is 50.6 Å². The van der Waals surface area contributed by atoms with Gasteiger partial charge in [0.2, 0.25) is 5.91 Å². The Labute approximate surface area is 268 Å². The Kier molecular flexibility index (Phi) is 8.17. The SMILES string of the molecule is C[C@@H]1C[C@@H](C(=O)NCc2cc3cnc(NC(=O)OC(C)(C)C)cc3s2)n2c1ncc(Nc1cccn(-c3ccccc3)c1=O)c2=O. The van der Waals surface area contributed by atoms with Crippen LogP contribution in [0.5, 0.6) is 0 Å². The number of thiophene rings is 1. The Bertz CT molecular complexity index is 2060. The predicted octanol–water partition coefficient (Wildman–Crippen LogP) is 5.46. The van der Waals surface area contributed by atoms with E-state index in [0.717, 1.165) is 15.0 Å². The number of para-hydroxylation sites is 1. The van der Waals surface area contributed by atoms with Crippen molar-refractivity contribution in [1.29, 1.82) is 0 Å². The number of benzene rings is 1. The van der Waals surface area contributed by atoms with Crippen molar-refractivity contribution in [2.45, 2.75) is 58.2 Å². The number of carbonyl (C=O) groups excluding carboxylic acids is 2. The molecule has 13 heteroatoms. The average Bonchev–Trinajstić information content (AvgIpc) is 3.58. The lowest BCUT2D eigenvalue weighted by Gasteiger charge is -2.19. The molecular weight excluding hydrogens is 606 g/mol. The Hall–Kier alpha value is -5.30. The van der Waals surface area contributed by atoms with Crippen LogP contribution in [0.2, 0.25) is 0 Å². The lowest BCUT2D eigenvalue weighted by atomic mass is 10.1. The van der Waals surface area contributed by atoms with Gasteiger partial charge < -0.3 is 15.4 Å². The van der Waals surface area contributed by atoms with Gasteiger partial charge in [0.15, 0.2) is 0 Å². The van der Waals surface area contributed by atoms with Crippen molar-refractivity contribution in [2.75, 3.05) is 10.6 Å². The number of ether oxygens (including phenoxy) is 1. The zero-order valence-corrected chi connectivity index (χ0v) is 26.6. The molecule has 1 aliphatic heterocycles. The number of carbonyl (C=O) groups is 2. The van der Waals surface area contributed by atoms with E-state index < -0.39 is 23.3 Å². The molecule has 2 atom stereocenters. The van der Waals surface area contributed by atoms with Crippen molar-refractivity contribution in [3.05, 3.63) is 105 Å². The van der Waals surface area contributed by atoms with Gasteiger partial charge in [-0.25, -0.2) is 14.8 Å². The summed E-state index contributed by atoms with van der Waals surface area (Å²) >= 11 is 1.46. The van der Waals surface area contributed by atoms with E-state index in [0.29, 0.717) is 23.8 Å². The van der Waals surface area contributed by atoms with E-state index in [-0.39, 0.29) is 35.3 Å². The summed E-state index contributed by atoms with van der Waals surface area (Å²) < 4.78 is 9.09. The summed E-state index contributed by atoms with van der Waals surface area (Å²) in [6.45, 7) is 7.52. The van der Waals surface area contributed by atoms with Gasteiger partial charge in [0, 0.05) is 39.0 Å². The van der Waals surface area contributed by atoms with Gasteiger partial charge in [-0.2, -0.15) is 0 Å². The molecule has 1 aliphatic rings. The molecule has 236 valence electrons. The van der Waals surface area contributed by atoms with Gasteiger partial charge >= 0.3 is 6.09 Å². The normalized spacial score (nSPS) is 15.7. The molecule has 5 aromatic rings. The summed E-state index contributed by atoms with van der Waals surface area (Å²) in [5.74, 6) is 0.460. The number of nitrogens with one attached hydrogen (secondary N) is 3. The molecule has 0 unspecified atom stereocenters. The number of amides is 2. The van der Waals surface area contributed by atoms with E-state index in [4.69, 9.17) is 4.74 Å². The second-order valence-electron chi connectivity index (χ2n) is 12.1. The van der Waals surface area contributed by atoms with E-state index in [1.807, 2.05) is 43.3 Å². The maximum Gasteiger partial charge on any atom is 0.413 e. The zero-order chi connectivity index (χ0) is 32.6. The van der Waals surface area contributed by atoms with Gasteiger partial charge in [0.05, 0.1) is 12.7 Å². The van der Waals surface area contributed by atoms with Crippen molar-refractivity contribution in [1.82, 2.24) is 24.4 Å². The maximum absolute atomic E-state index is 13.7. The fourth-order valence-corrected chi connectivity index (χ4v) is 6.39. The summed E-state index contributed by atoms with van der Waals surface area (Å²) in [6.07, 6.45) is 4.55. The predicted molar refractivity (Wildman–Crippen MR) is 177 cm³/mol. The Morgan fingerprint density at radius 2 is 1.78 bits per heavy atom. The van der Waals surface area contributed by atoms with Crippen LogP contribution < -0.4 is 27.1 Å². The number of hydrogen-bond acceptors (Lipinski definition) is 9. The second-order valence-corrected chi connectivity index (χ2v) is 13.2. The van der Waals surface area contributed by atoms with E-state index >= 15 is 0 Å². The lowest BCUT2D eigenvalue weighted by Crippen LogP contribution is -2.36. The molecule has 0 bridgehead atoms. The number of aromatic nitrogens is 4. The van der Waals surface area contributed by atoms with Crippen molar-refractivity contribution < 1.29 is 14.3 Å². The monoisotopic (exact) mass is 639 g/mol. The third kappa shape index (κ3) is 6.40. The highest BCUT2D eigenvalue weighted by Crippen LogP contribution is 2.34. The first-order valence-corrected chi connectivity index (χ1v) is 15.6. The molecule has 1 aromatic carbocycles. The number of rotatable bonds is 7. The largest absolute Gasteiger partial charge is 0.444 e. The highest BCUT2D eigenvalue weighted by Gasteiger charge is 2.35. The van der Waals surface area contributed by atoms with Crippen LogP contribution in [0, 0.1) is 0 Å². The molecule has 5 heterocycles. The van der Waals surface area contributed by atoms with E-state index in [1.54, 1.807) is 51.4 Å². The van der Waals surface area contributed by atoms with Gasteiger partial charge in [-0.3, -0.25) is 28.8 Å². The molecule has 2 amide bonds. The summed E-state index contributed by atoms with van der Waals surface area (Å²) in [7, 11) is 0. The maximum atomic E-state index is 13.7. The van der Waals surface area contributed by atoms with Crippen molar-refractivity contribution in [3.8, 4) is 5.69 Å². The molecule has 12 nitrogen and oxygen atoms in total. The highest BCUT2D eigenvalue weighted by atomic mass is 32.1. The van der Waals surface area contributed by atoms with Gasteiger partial charge in [0.1, 0.15) is 34.7 Å². The Balaban J connectivity index is 1.17. The summed E-state index contributed by atoms with van der Waals surface area (Å²) in [4.78, 5) is 62.2. The van der Waals surface area contributed by atoms with E-state index in [1.165, 1.54) is 26.7 Å². The molecule has 0 saturated heterocycles. The molecule has 4 aromatic heterocycles. The number of fused-ring (bicyclic) bond motifs is 2. The molecule has 0 radical (unpaired) electrons. The molecule has 6 rings (SSSR count).